The maximum Gasteiger partial charge on any atom is 0.322 e. The van der Waals surface area contributed by atoms with Gasteiger partial charge < -0.3 is 4.42 Å². The van der Waals surface area contributed by atoms with Gasteiger partial charge in [0.25, 0.3) is 5.91 Å². The third kappa shape index (κ3) is 4.02. The van der Waals surface area contributed by atoms with E-state index in [1.807, 2.05) is 37.4 Å². The van der Waals surface area contributed by atoms with E-state index in [1.54, 1.807) is 23.9 Å². The molecule has 0 spiro atoms. The van der Waals surface area contributed by atoms with Gasteiger partial charge in [0.2, 0.25) is 5.89 Å². The van der Waals surface area contributed by atoms with Crippen LogP contribution in [0.25, 0.3) is 0 Å². The second-order valence-corrected chi connectivity index (χ2v) is 6.23. The summed E-state index contributed by atoms with van der Waals surface area (Å²) >= 11 is 1.69. The molecule has 0 fully saturated rings. The highest BCUT2D eigenvalue weighted by Gasteiger charge is 2.12. The number of aryl methyl sites for hydroxylation is 1. The van der Waals surface area contributed by atoms with Crippen LogP contribution in [0.1, 0.15) is 27.4 Å². The first kappa shape index (κ1) is 16.3. The molecule has 1 amide bonds. The third-order valence-electron chi connectivity index (χ3n) is 3.48. The van der Waals surface area contributed by atoms with Crippen LogP contribution >= 0.6 is 11.8 Å². The van der Waals surface area contributed by atoms with Crippen molar-refractivity contribution in [1.82, 2.24) is 10.2 Å². The van der Waals surface area contributed by atoms with Crippen molar-refractivity contribution in [3.05, 3.63) is 71.1 Å². The molecule has 0 atom stereocenters. The molecule has 1 N–H and O–H groups in total. The Balaban J connectivity index is 1.65. The van der Waals surface area contributed by atoms with Crippen molar-refractivity contribution in [2.24, 2.45) is 0 Å². The summed E-state index contributed by atoms with van der Waals surface area (Å²) < 4.78 is 5.51. The number of carbonyl (C=O) groups excluding carboxylic acids is 1. The zero-order valence-electron chi connectivity index (χ0n) is 13.4. The number of aromatic nitrogens is 2. The highest BCUT2D eigenvalue weighted by molar-refractivity contribution is 7.98. The fraction of sp³-hybridized carbons (Fsp3) is 0.167. The van der Waals surface area contributed by atoms with Gasteiger partial charge >= 0.3 is 6.01 Å². The maximum absolute atomic E-state index is 12.2. The lowest BCUT2D eigenvalue weighted by Gasteiger charge is -2.01. The topological polar surface area (TPSA) is 68.0 Å². The van der Waals surface area contributed by atoms with Crippen LogP contribution in [-0.2, 0) is 6.42 Å². The van der Waals surface area contributed by atoms with E-state index < -0.39 is 0 Å². The van der Waals surface area contributed by atoms with E-state index in [2.05, 4.69) is 27.6 Å². The number of nitrogens with zero attached hydrogens (tertiary/aromatic N) is 2. The number of anilines is 1. The number of amides is 1. The smallest absolute Gasteiger partial charge is 0.322 e. The van der Waals surface area contributed by atoms with Crippen LogP contribution in [-0.4, -0.2) is 22.4 Å². The highest BCUT2D eigenvalue weighted by atomic mass is 32.2. The van der Waals surface area contributed by atoms with Gasteiger partial charge in [0.05, 0.1) is 6.42 Å². The summed E-state index contributed by atoms with van der Waals surface area (Å²) in [5, 5.41) is 10.5. The van der Waals surface area contributed by atoms with Gasteiger partial charge in [0.1, 0.15) is 0 Å². The van der Waals surface area contributed by atoms with Gasteiger partial charge in [-0.1, -0.05) is 34.9 Å². The summed E-state index contributed by atoms with van der Waals surface area (Å²) in [7, 11) is 0. The first-order chi connectivity index (χ1) is 11.6. The van der Waals surface area contributed by atoms with E-state index >= 15 is 0 Å². The summed E-state index contributed by atoms with van der Waals surface area (Å²) in [5.41, 5.74) is 2.65. The molecule has 0 aliphatic heterocycles. The Morgan fingerprint density at radius 1 is 1.17 bits per heavy atom. The average molecular weight is 339 g/mol. The summed E-state index contributed by atoms with van der Waals surface area (Å²) in [6, 6.07) is 15.6. The van der Waals surface area contributed by atoms with Crippen molar-refractivity contribution in [1.29, 1.82) is 0 Å². The molecule has 0 aliphatic carbocycles. The summed E-state index contributed by atoms with van der Waals surface area (Å²) in [5.74, 6) is 0.199. The lowest BCUT2D eigenvalue weighted by molar-refractivity contribution is 0.102. The minimum Gasteiger partial charge on any atom is -0.407 e. The maximum atomic E-state index is 12.2. The van der Waals surface area contributed by atoms with Crippen LogP contribution in [0.4, 0.5) is 6.01 Å². The van der Waals surface area contributed by atoms with Gasteiger partial charge in [0.15, 0.2) is 0 Å². The minimum atomic E-state index is -0.266. The zero-order chi connectivity index (χ0) is 16.9. The minimum absolute atomic E-state index is 0.109. The largest absolute Gasteiger partial charge is 0.407 e. The fourth-order valence-corrected chi connectivity index (χ4v) is 2.66. The molecule has 0 aliphatic rings. The third-order valence-corrected chi connectivity index (χ3v) is 4.23. The van der Waals surface area contributed by atoms with Crippen LogP contribution in [0.2, 0.25) is 0 Å². The lowest BCUT2D eigenvalue weighted by atomic mass is 10.1. The molecular formula is C18H17N3O2S. The molecule has 122 valence electrons. The van der Waals surface area contributed by atoms with Crippen molar-refractivity contribution < 1.29 is 9.21 Å². The Bertz CT molecular complexity index is 843. The van der Waals surface area contributed by atoms with Crippen LogP contribution in [0.3, 0.4) is 0 Å². The van der Waals surface area contributed by atoms with Gasteiger partial charge in [-0.15, -0.1) is 16.9 Å². The molecule has 3 rings (SSSR count). The molecule has 6 heteroatoms. The molecule has 1 heterocycles. The Morgan fingerprint density at radius 3 is 2.67 bits per heavy atom. The Kier molecular flexibility index (Phi) is 4.96. The number of rotatable bonds is 5. The number of thioether (sulfide) groups is 1. The van der Waals surface area contributed by atoms with E-state index in [9.17, 15) is 4.79 Å². The van der Waals surface area contributed by atoms with E-state index in [0.29, 0.717) is 17.9 Å². The van der Waals surface area contributed by atoms with Crippen LogP contribution in [0.15, 0.2) is 57.8 Å². The molecule has 2 aromatic carbocycles. The zero-order valence-corrected chi connectivity index (χ0v) is 14.3. The van der Waals surface area contributed by atoms with Gasteiger partial charge in [0, 0.05) is 10.5 Å². The molecule has 0 bridgehead atoms. The van der Waals surface area contributed by atoms with Crippen molar-refractivity contribution in [3.8, 4) is 0 Å². The molecule has 0 radical (unpaired) electrons. The van der Waals surface area contributed by atoms with E-state index in [1.165, 1.54) is 4.90 Å². The number of benzene rings is 2. The predicted molar refractivity (Wildman–Crippen MR) is 94.5 cm³/mol. The quantitative estimate of drug-likeness (QED) is 0.713. The SMILES string of the molecule is CSc1ccc(Cc2nnc(NC(=O)c3cccc(C)c3)o2)cc1. The van der Waals surface area contributed by atoms with Gasteiger partial charge in [-0.05, 0) is 43.0 Å². The molecule has 0 unspecified atom stereocenters. The van der Waals surface area contributed by atoms with Crippen molar-refractivity contribution in [3.63, 3.8) is 0 Å². The lowest BCUT2D eigenvalue weighted by Crippen LogP contribution is -2.12. The second kappa shape index (κ2) is 7.31. The standard InChI is InChI=1S/C18H17N3O2S/c1-12-4-3-5-14(10-12)17(22)19-18-21-20-16(23-18)11-13-6-8-15(24-2)9-7-13/h3-10H,11H2,1-2H3,(H,19,21,22). The van der Waals surface area contributed by atoms with Gasteiger partial charge in [-0.3, -0.25) is 10.1 Å². The van der Waals surface area contributed by atoms with Crippen molar-refractivity contribution >= 4 is 23.7 Å². The first-order valence-corrected chi connectivity index (χ1v) is 8.70. The molecule has 0 saturated heterocycles. The first-order valence-electron chi connectivity index (χ1n) is 7.47. The molecule has 24 heavy (non-hydrogen) atoms. The molecular weight excluding hydrogens is 322 g/mol. The summed E-state index contributed by atoms with van der Waals surface area (Å²) in [4.78, 5) is 13.4. The predicted octanol–water partition coefficient (Wildman–Crippen LogP) is 3.94. The van der Waals surface area contributed by atoms with E-state index in [4.69, 9.17) is 4.42 Å². The van der Waals surface area contributed by atoms with Crippen LogP contribution < -0.4 is 5.32 Å². The Morgan fingerprint density at radius 2 is 1.96 bits per heavy atom. The highest BCUT2D eigenvalue weighted by Crippen LogP contribution is 2.17. The van der Waals surface area contributed by atoms with Gasteiger partial charge in [-0.2, -0.15) is 0 Å². The fourth-order valence-electron chi connectivity index (χ4n) is 2.25. The number of hydrogen-bond donors (Lipinski definition) is 1. The summed E-state index contributed by atoms with van der Waals surface area (Å²) in [6.07, 6.45) is 2.57. The number of carbonyl (C=O) groups is 1. The van der Waals surface area contributed by atoms with Crippen LogP contribution in [0, 0.1) is 6.92 Å². The number of hydrogen-bond acceptors (Lipinski definition) is 5. The monoisotopic (exact) mass is 339 g/mol. The molecule has 1 aromatic heterocycles. The van der Waals surface area contributed by atoms with Crippen LogP contribution in [0.5, 0.6) is 0 Å². The summed E-state index contributed by atoms with van der Waals surface area (Å²) in [6.45, 7) is 1.93. The molecule has 0 saturated carbocycles. The van der Waals surface area contributed by atoms with Crippen molar-refractivity contribution in [2.75, 3.05) is 11.6 Å². The van der Waals surface area contributed by atoms with Crippen molar-refractivity contribution in [2.45, 2.75) is 18.2 Å². The van der Waals surface area contributed by atoms with E-state index in [-0.39, 0.29) is 11.9 Å². The normalized spacial score (nSPS) is 10.6. The number of nitrogens with one attached hydrogen (secondary N) is 1. The molecule has 3 aromatic rings. The Hall–Kier alpha value is -2.60. The Labute approximate surface area is 144 Å². The van der Waals surface area contributed by atoms with E-state index in [0.717, 1.165) is 11.1 Å². The molecule has 5 nitrogen and oxygen atoms in total. The second-order valence-electron chi connectivity index (χ2n) is 5.35. The van der Waals surface area contributed by atoms with Gasteiger partial charge in [-0.25, -0.2) is 0 Å². The average Bonchev–Trinajstić information content (AvgIpc) is 3.02.